The van der Waals surface area contributed by atoms with Gasteiger partial charge in [0.05, 0.1) is 10.7 Å². The van der Waals surface area contributed by atoms with Gasteiger partial charge in [-0.05, 0) is 46.3 Å². The summed E-state index contributed by atoms with van der Waals surface area (Å²) >= 11 is 0. The number of hydrogen-bond donors (Lipinski definition) is 0. The SMILES string of the molecule is Fc1cccc(-n2nc(-c3ccccc3)n[n+]2-c2cccc(F)c2)c1.[Cl-]. The number of tetrazole rings is 1. The molecule has 0 amide bonds. The van der Waals surface area contributed by atoms with E-state index in [1.807, 2.05) is 30.3 Å². The number of rotatable bonds is 3. The maximum Gasteiger partial charge on any atom is 0.340 e. The van der Waals surface area contributed by atoms with Gasteiger partial charge in [0.1, 0.15) is 17.3 Å². The molecule has 7 heteroatoms. The Bertz CT molecular complexity index is 972. The standard InChI is InChI=1S/C19H13F2N4.ClH/c20-15-8-4-10-17(12-15)24-22-19(14-6-2-1-3-7-14)23-25(24)18-11-5-9-16(21)13-18;/h1-13H;1H/q+1;/p-1. The van der Waals surface area contributed by atoms with Crippen LogP contribution in [-0.4, -0.2) is 15.0 Å². The Balaban J connectivity index is 0.00000196. The van der Waals surface area contributed by atoms with Crippen LogP contribution in [0.2, 0.25) is 0 Å². The molecule has 0 atom stereocenters. The summed E-state index contributed by atoms with van der Waals surface area (Å²) in [5.41, 5.74) is 1.78. The molecule has 4 nitrogen and oxygen atoms in total. The minimum absolute atomic E-state index is 0. The molecule has 0 unspecified atom stereocenters. The van der Waals surface area contributed by atoms with Crippen molar-refractivity contribution in [2.45, 2.75) is 0 Å². The highest BCUT2D eigenvalue weighted by Crippen LogP contribution is 2.15. The first-order valence-corrected chi connectivity index (χ1v) is 7.68. The largest absolute Gasteiger partial charge is 1.00 e. The zero-order chi connectivity index (χ0) is 17.2. The van der Waals surface area contributed by atoms with E-state index in [0.717, 1.165) is 5.56 Å². The molecule has 0 saturated carbocycles. The molecular weight excluding hydrogens is 358 g/mol. The normalized spacial score (nSPS) is 10.4. The van der Waals surface area contributed by atoms with Gasteiger partial charge in [0.25, 0.3) is 0 Å². The lowest BCUT2D eigenvalue weighted by atomic mass is 10.2. The third-order valence-corrected chi connectivity index (χ3v) is 3.67. The van der Waals surface area contributed by atoms with E-state index in [9.17, 15) is 8.78 Å². The van der Waals surface area contributed by atoms with E-state index in [0.29, 0.717) is 17.2 Å². The van der Waals surface area contributed by atoms with Gasteiger partial charge in [-0.25, -0.2) is 8.78 Å². The van der Waals surface area contributed by atoms with Crippen LogP contribution < -0.4 is 17.2 Å². The van der Waals surface area contributed by atoms with Crippen molar-refractivity contribution in [3.8, 4) is 22.8 Å². The van der Waals surface area contributed by atoms with E-state index in [1.165, 1.54) is 33.9 Å². The van der Waals surface area contributed by atoms with Crippen LogP contribution in [0.5, 0.6) is 0 Å². The highest BCUT2D eigenvalue weighted by Gasteiger charge is 2.23. The van der Waals surface area contributed by atoms with Crippen LogP contribution in [0, 0.1) is 11.6 Å². The van der Waals surface area contributed by atoms with Crippen LogP contribution in [0.25, 0.3) is 22.8 Å². The zero-order valence-electron chi connectivity index (χ0n) is 13.4. The Kier molecular flexibility index (Phi) is 5.04. The van der Waals surface area contributed by atoms with Crippen molar-refractivity contribution in [2.75, 3.05) is 0 Å². The van der Waals surface area contributed by atoms with E-state index < -0.39 is 0 Å². The summed E-state index contributed by atoms with van der Waals surface area (Å²) in [5.74, 6) is -0.325. The Morgan fingerprint density at radius 2 is 1.46 bits per heavy atom. The van der Waals surface area contributed by atoms with Gasteiger partial charge in [0.2, 0.25) is 0 Å². The van der Waals surface area contributed by atoms with Crippen LogP contribution in [0.3, 0.4) is 0 Å². The van der Waals surface area contributed by atoms with Gasteiger partial charge in [-0.1, -0.05) is 30.3 Å². The van der Waals surface area contributed by atoms with Crippen molar-refractivity contribution in [3.63, 3.8) is 0 Å². The van der Waals surface area contributed by atoms with Crippen LogP contribution in [0.15, 0.2) is 78.9 Å². The molecule has 0 bridgehead atoms. The Morgan fingerprint density at radius 1 is 0.769 bits per heavy atom. The fraction of sp³-hybridized carbons (Fsp3) is 0. The van der Waals surface area contributed by atoms with Crippen LogP contribution in [0.4, 0.5) is 8.78 Å². The van der Waals surface area contributed by atoms with Crippen LogP contribution in [-0.2, 0) is 0 Å². The van der Waals surface area contributed by atoms with Crippen molar-refractivity contribution in [3.05, 3.63) is 90.5 Å². The van der Waals surface area contributed by atoms with Crippen LogP contribution >= 0.6 is 0 Å². The minimum atomic E-state index is -0.389. The highest BCUT2D eigenvalue weighted by atomic mass is 35.5. The summed E-state index contributed by atoms with van der Waals surface area (Å²) in [4.78, 5) is 2.89. The summed E-state index contributed by atoms with van der Waals surface area (Å²) in [7, 11) is 0. The molecule has 4 rings (SSSR count). The molecule has 0 aliphatic heterocycles. The monoisotopic (exact) mass is 370 g/mol. The van der Waals surface area contributed by atoms with E-state index >= 15 is 0 Å². The van der Waals surface area contributed by atoms with E-state index in [-0.39, 0.29) is 24.0 Å². The second-order valence-electron chi connectivity index (χ2n) is 5.43. The molecule has 0 saturated heterocycles. The molecular formula is C19H13ClF2N4. The maximum absolute atomic E-state index is 13.7. The Labute approximate surface area is 154 Å². The molecule has 3 aromatic carbocycles. The first kappa shape index (κ1) is 17.7. The average Bonchev–Trinajstić information content (AvgIpc) is 3.08. The molecule has 0 aliphatic carbocycles. The minimum Gasteiger partial charge on any atom is -1.00 e. The first-order chi connectivity index (χ1) is 12.2. The van der Waals surface area contributed by atoms with Crippen molar-refractivity contribution < 1.29 is 26.0 Å². The molecule has 4 aromatic rings. The third kappa shape index (κ3) is 3.45. The molecule has 0 fully saturated rings. The van der Waals surface area contributed by atoms with Gasteiger partial charge in [-0.3, -0.25) is 0 Å². The van der Waals surface area contributed by atoms with Crippen molar-refractivity contribution in [1.82, 2.24) is 15.0 Å². The number of aromatic nitrogens is 4. The van der Waals surface area contributed by atoms with E-state index in [2.05, 4.69) is 10.2 Å². The van der Waals surface area contributed by atoms with Gasteiger partial charge in [0, 0.05) is 16.9 Å². The second kappa shape index (κ2) is 7.41. The summed E-state index contributed by atoms with van der Waals surface area (Å²) in [6.45, 7) is 0. The topological polar surface area (TPSA) is 34.6 Å². The Morgan fingerprint density at radius 3 is 2.15 bits per heavy atom. The number of halogens is 3. The predicted molar refractivity (Wildman–Crippen MR) is 88.2 cm³/mol. The van der Waals surface area contributed by atoms with Gasteiger partial charge in [-0.2, -0.15) is 0 Å². The number of benzene rings is 3. The summed E-state index contributed by atoms with van der Waals surface area (Å²) in [6, 6.07) is 21.4. The van der Waals surface area contributed by atoms with E-state index in [4.69, 9.17) is 0 Å². The molecule has 130 valence electrons. The molecule has 1 aromatic heterocycles. The average molecular weight is 371 g/mol. The fourth-order valence-electron chi connectivity index (χ4n) is 2.52. The third-order valence-electron chi connectivity index (χ3n) is 3.67. The zero-order valence-corrected chi connectivity index (χ0v) is 14.2. The Hall–Kier alpha value is -3.12. The molecule has 0 spiro atoms. The first-order valence-electron chi connectivity index (χ1n) is 7.68. The number of nitrogens with zero attached hydrogens (tertiary/aromatic N) is 4. The smallest absolute Gasteiger partial charge is 0.340 e. The molecule has 26 heavy (non-hydrogen) atoms. The van der Waals surface area contributed by atoms with Gasteiger partial charge < -0.3 is 12.4 Å². The van der Waals surface area contributed by atoms with E-state index in [1.54, 1.807) is 24.3 Å². The van der Waals surface area contributed by atoms with Gasteiger partial charge in [-0.15, -0.1) is 0 Å². The summed E-state index contributed by atoms with van der Waals surface area (Å²) in [6.07, 6.45) is 0. The quantitative estimate of drug-likeness (QED) is 0.492. The molecule has 0 N–H and O–H groups in total. The lowest BCUT2D eigenvalue weighted by Gasteiger charge is -2.00. The van der Waals surface area contributed by atoms with Gasteiger partial charge in [0.15, 0.2) is 5.69 Å². The fourth-order valence-corrected chi connectivity index (χ4v) is 2.52. The highest BCUT2D eigenvalue weighted by molar-refractivity contribution is 5.53. The van der Waals surface area contributed by atoms with Crippen molar-refractivity contribution in [1.29, 1.82) is 0 Å². The summed E-state index contributed by atoms with van der Waals surface area (Å²) < 4.78 is 27.3. The van der Waals surface area contributed by atoms with Crippen molar-refractivity contribution >= 4 is 0 Å². The lowest BCUT2D eigenvalue weighted by Crippen LogP contribution is -3.00. The van der Waals surface area contributed by atoms with Crippen LogP contribution in [0.1, 0.15) is 0 Å². The predicted octanol–water partition coefficient (Wildman–Crippen LogP) is 0.493. The molecule has 1 heterocycles. The van der Waals surface area contributed by atoms with Gasteiger partial charge >= 0.3 is 5.82 Å². The second-order valence-corrected chi connectivity index (χ2v) is 5.43. The lowest BCUT2D eigenvalue weighted by molar-refractivity contribution is -0.734. The van der Waals surface area contributed by atoms with Crippen molar-refractivity contribution in [2.24, 2.45) is 0 Å². The molecule has 0 radical (unpaired) electrons. The number of hydrogen-bond acceptors (Lipinski definition) is 2. The molecule has 0 aliphatic rings. The maximum atomic E-state index is 13.7. The summed E-state index contributed by atoms with van der Waals surface area (Å²) in [5, 5.41) is 8.95.